The Labute approximate surface area is 108 Å². The first-order valence-corrected chi connectivity index (χ1v) is 6.65. The molecule has 1 unspecified atom stereocenters. The average Bonchev–Trinajstić information content (AvgIpc) is 3.19. The predicted octanol–water partition coefficient (Wildman–Crippen LogP) is 2.84. The van der Waals surface area contributed by atoms with Gasteiger partial charge in [0.1, 0.15) is 0 Å². The van der Waals surface area contributed by atoms with Crippen LogP contribution in [0.1, 0.15) is 24.4 Å². The Balaban J connectivity index is 2.04. The number of rotatable bonds is 4. The molecule has 94 valence electrons. The number of hydrogen-bond acceptors (Lipinski definition) is 2. The highest BCUT2D eigenvalue weighted by atomic mass is 14.9. The van der Waals surface area contributed by atoms with Crippen molar-refractivity contribution < 1.29 is 0 Å². The quantitative estimate of drug-likeness (QED) is 0.862. The van der Waals surface area contributed by atoms with Crippen LogP contribution in [0.2, 0.25) is 0 Å². The van der Waals surface area contributed by atoms with Crippen LogP contribution in [-0.2, 0) is 0 Å². The number of benzene rings is 2. The van der Waals surface area contributed by atoms with Gasteiger partial charge in [-0.25, -0.2) is 0 Å². The first kappa shape index (κ1) is 11.7. The summed E-state index contributed by atoms with van der Waals surface area (Å²) >= 11 is 0. The van der Waals surface area contributed by atoms with E-state index in [2.05, 4.69) is 47.8 Å². The molecule has 18 heavy (non-hydrogen) atoms. The molecule has 2 heteroatoms. The van der Waals surface area contributed by atoms with E-state index in [9.17, 15) is 0 Å². The molecule has 2 nitrogen and oxygen atoms in total. The molecule has 0 aliphatic heterocycles. The fourth-order valence-electron chi connectivity index (χ4n) is 2.96. The van der Waals surface area contributed by atoms with Crippen LogP contribution in [-0.4, -0.2) is 13.6 Å². The van der Waals surface area contributed by atoms with Crippen molar-refractivity contribution in [1.82, 2.24) is 5.32 Å². The van der Waals surface area contributed by atoms with Crippen molar-refractivity contribution in [2.75, 3.05) is 13.6 Å². The molecule has 2 aromatic rings. The summed E-state index contributed by atoms with van der Waals surface area (Å²) in [4.78, 5) is 0. The maximum Gasteiger partial charge on any atom is 0.0370 e. The molecule has 3 N–H and O–H groups in total. The van der Waals surface area contributed by atoms with Crippen LogP contribution in [0, 0.1) is 5.41 Å². The Bertz CT molecular complexity index is 553. The summed E-state index contributed by atoms with van der Waals surface area (Å²) in [5.41, 5.74) is 8.12. The molecule has 1 fully saturated rings. The van der Waals surface area contributed by atoms with E-state index in [0.29, 0.717) is 0 Å². The van der Waals surface area contributed by atoms with Crippen molar-refractivity contribution >= 4 is 10.8 Å². The van der Waals surface area contributed by atoms with Gasteiger partial charge in [0.25, 0.3) is 0 Å². The SMILES string of the molecule is CNCC1(C(N)c2cccc3ccccc23)CC1. The van der Waals surface area contributed by atoms with Crippen molar-refractivity contribution in [3.63, 3.8) is 0 Å². The van der Waals surface area contributed by atoms with E-state index in [4.69, 9.17) is 5.73 Å². The highest BCUT2D eigenvalue weighted by Gasteiger charge is 2.47. The molecule has 3 rings (SSSR count). The van der Waals surface area contributed by atoms with Gasteiger partial charge in [0.15, 0.2) is 0 Å². The Morgan fingerprint density at radius 2 is 1.89 bits per heavy atom. The molecule has 2 aromatic carbocycles. The smallest absolute Gasteiger partial charge is 0.0370 e. The minimum Gasteiger partial charge on any atom is -0.323 e. The summed E-state index contributed by atoms with van der Waals surface area (Å²) in [5.74, 6) is 0. The van der Waals surface area contributed by atoms with Crippen molar-refractivity contribution in [2.45, 2.75) is 18.9 Å². The Morgan fingerprint density at radius 1 is 1.17 bits per heavy atom. The lowest BCUT2D eigenvalue weighted by atomic mass is 9.88. The zero-order chi connectivity index (χ0) is 12.6. The summed E-state index contributed by atoms with van der Waals surface area (Å²) in [6.45, 7) is 1.01. The van der Waals surface area contributed by atoms with Crippen LogP contribution in [0.15, 0.2) is 42.5 Å². The minimum absolute atomic E-state index is 0.135. The fourth-order valence-corrected chi connectivity index (χ4v) is 2.96. The number of nitrogens with two attached hydrogens (primary N) is 1. The molecule has 0 aromatic heterocycles. The summed E-state index contributed by atoms with van der Waals surface area (Å²) in [6, 6.07) is 15.1. The second kappa shape index (κ2) is 4.38. The van der Waals surface area contributed by atoms with Gasteiger partial charge in [0.05, 0.1) is 0 Å². The highest BCUT2D eigenvalue weighted by molar-refractivity contribution is 5.86. The molecular weight excluding hydrogens is 220 g/mol. The molecule has 1 saturated carbocycles. The Morgan fingerprint density at radius 3 is 2.61 bits per heavy atom. The Hall–Kier alpha value is -1.38. The van der Waals surface area contributed by atoms with Crippen molar-refractivity contribution in [3.05, 3.63) is 48.0 Å². The van der Waals surface area contributed by atoms with E-state index in [0.717, 1.165) is 6.54 Å². The van der Waals surface area contributed by atoms with Crippen LogP contribution in [0.3, 0.4) is 0 Å². The fraction of sp³-hybridized carbons (Fsp3) is 0.375. The van der Waals surface area contributed by atoms with Gasteiger partial charge in [-0.05, 0) is 36.2 Å². The third-order valence-electron chi connectivity index (χ3n) is 4.24. The van der Waals surface area contributed by atoms with E-state index in [1.807, 2.05) is 7.05 Å². The molecule has 0 spiro atoms. The average molecular weight is 240 g/mol. The minimum atomic E-state index is 0.135. The second-order valence-electron chi connectivity index (χ2n) is 5.44. The first-order chi connectivity index (χ1) is 8.77. The third kappa shape index (κ3) is 1.82. The van der Waals surface area contributed by atoms with Gasteiger partial charge in [-0.3, -0.25) is 0 Å². The maximum atomic E-state index is 6.55. The van der Waals surface area contributed by atoms with Gasteiger partial charge in [-0.2, -0.15) is 0 Å². The predicted molar refractivity (Wildman–Crippen MR) is 76.5 cm³/mol. The summed E-state index contributed by atoms with van der Waals surface area (Å²) in [7, 11) is 2.01. The van der Waals surface area contributed by atoms with Gasteiger partial charge in [0, 0.05) is 18.0 Å². The van der Waals surface area contributed by atoms with Crippen LogP contribution >= 0.6 is 0 Å². The molecule has 1 aliphatic carbocycles. The molecule has 1 atom stereocenters. The monoisotopic (exact) mass is 240 g/mol. The zero-order valence-electron chi connectivity index (χ0n) is 10.8. The second-order valence-corrected chi connectivity index (χ2v) is 5.44. The normalized spacial score (nSPS) is 18.8. The summed E-state index contributed by atoms with van der Waals surface area (Å²) < 4.78 is 0. The molecular formula is C16H20N2. The molecule has 0 bridgehead atoms. The molecule has 1 aliphatic rings. The van der Waals surface area contributed by atoms with E-state index in [-0.39, 0.29) is 11.5 Å². The zero-order valence-corrected chi connectivity index (χ0v) is 10.8. The molecule has 0 radical (unpaired) electrons. The molecule has 0 heterocycles. The topological polar surface area (TPSA) is 38.0 Å². The largest absolute Gasteiger partial charge is 0.323 e. The number of hydrogen-bond donors (Lipinski definition) is 2. The van der Waals surface area contributed by atoms with Gasteiger partial charge < -0.3 is 11.1 Å². The van der Waals surface area contributed by atoms with E-state index >= 15 is 0 Å². The summed E-state index contributed by atoms with van der Waals surface area (Å²) in [5, 5.41) is 5.87. The van der Waals surface area contributed by atoms with E-state index in [1.165, 1.54) is 29.2 Å². The summed E-state index contributed by atoms with van der Waals surface area (Å²) in [6.07, 6.45) is 2.47. The van der Waals surface area contributed by atoms with Crippen molar-refractivity contribution in [1.29, 1.82) is 0 Å². The molecule has 0 amide bonds. The maximum absolute atomic E-state index is 6.55. The lowest BCUT2D eigenvalue weighted by molar-refractivity contribution is 0.394. The van der Waals surface area contributed by atoms with Gasteiger partial charge in [-0.15, -0.1) is 0 Å². The first-order valence-electron chi connectivity index (χ1n) is 6.65. The number of nitrogens with one attached hydrogen (secondary N) is 1. The van der Waals surface area contributed by atoms with Crippen molar-refractivity contribution in [3.8, 4) is 0 Å². The van der Waals surface area contributed by atoms with Crippen LogP contribution in [0.4, 0.5) is 0 Å². The van der Waals surface area contributed by atoms with Crippen molar-refractivity contribution in [2.24, 2.45) is 11.1 Å². The van der Waals surface area contributed by atoms with Gasteiger partial charge in [0.2, 0.25) is 0 Å². The van der Waals surface area contributed by atoms with Gasteiger partial charge >= 0.3 is 0 Å². The third-order valence-corrected chi connectivity index (χ3v) is 4.24. The van der Waals surface area contributed by atoms with E-state index in [1.54, 1.807) is 0 Å². The van der Waals surface area contributed by atoms with Gasteiger partial charge in [-0.1, -0.05) is 42.5 Å². The lowest BCUT2D eigenvalue weighted by Gasteiger charge is -2.24. The highest BCUT2D eigenvalue weighted by Crippen LogP contribution is 2.54. The van der Waals surface area contributed by atoms with Crippen LogP contribution in [0.5, 0.6) is 0 Å². The standard InChI is InChI=1S/C16H20N2/c1-18-11-16(9-10-16)15(17)14-8-4-6-12-5-2-3-7-13(12)14/h2-8,15,18H,9-11,17H2,1H3. The van der Waals surface area contributed by atoms with Crippen LogP contribution < -0.4 is 11.1 Å². The Kier molecular flexibility index (Phi) is 2.84. The van der Waals surface area contributed by atoms with Crippen LogP contribution in [0.25, 0.3) is 10.8 Å². The van der Waals surface area contributed by atoms with E-state index < -0.39 is 0 Å². The number of fused-ring (bicyclic) bond motifs is 1. The molecule has 0 saturated heterocycles. The lowest BCUT2D eigenvalue weighted by Crippen LogP contribution is -2.31.